The number of methoxy groups -OCH3 is 1. The van der Waals surface area contributed by atoms with E-state index in [1.165, 1.54) is 13.2 Å². The minimum Gasteiger partial charge on any atom is -0.370 e. The van der Waals surface area contributed by atoms with Gasteiger partial charge in [-0.25, -0.2) is 0 Å². The summed E-state index contributed by atoms with van der Waals surface area (Å²) < 4.78 is 17.8. The van der Waals surface area contributed by atoms with Crippen molar-refractivity contribution in [1.82, 2.24) is 0 Å². The first-order valence-electron chi connectivity index (χ1n) is 4.97. The summed E-state index contributed by atoms with van der Waals surface area (Å²) in [4.78, 5) is 21.2. The normalized spacial score (nSPS) is 11.9. The van der Waals surface area contributed by atoms with Crippen LogP contribution in [0.1, 0.15) is 0 Å². The van der Waals surface area contributed by atoms with Gasteiger partial charge in [0.25, 0.3) is 5.91 Å². The first kappa shape index (κ1) is 14.0. The molecule has 3 N–H and O–H groups in total. The highest BCUT2D eigenvalue weighted by atomic mass is 19.1. The van der Waals surface area contributed by atoms with Gasteiger partial charge in [0.2, 0.25) is 5.82 Å². The second kappa shape index (κ2) is 6.03. The molecule has 0 fully saturated rings. The molecule has 0 radical (unpaired) electrons. The third-order valence-corrected chi connectivity index (χ3v) is 2.20. The predicted molar refractivity (Wildman–Crippen MR) is 61.5 cm³/mol. The fraction of sp³-hybridized carbons (Fsp3) is 0.300. The highest BCUT2D eigenvalue weighted by molar-refractivity contribution is 5.94. The van der Waals surface area contributed by atoms with Crippen molar-refractivity contribution in [1.29, 1.82) is 0 Å². The SMILES string of the molecule is COC(CN)C(=O)Nc1ccc(F)c([N+](=O)[O-])c1. The second-order valence-electron chi connectivity index (χ2n) is 3.37. The molecular weight excluding hydrogens is 245 g/mol. The fourth-order valence-electron chi connectivity index (χ4n) is 1.26. The van der Waals surface area contributed by atoms with E-state index in [0.717, 1.165) is 12.1 Å². The lowest BCUT2D eigenvalue weighted by atomic mass is 10.2. The number of nitro benzene ring substituents is 1. The molecule has 0 aromatic heterocycles. The van der Waals surface area contributed by atoms with Crippen LogP contribution in [0.2, 0.25) is 0 Å². The van der Waals surface area contributed by atoms with Crippen LogP contribution >= 0.6 is 0 Å². The lowest BCUT2D eigenvalue weighted by molar-refractivity contribution is -0.387. The number of ether oxygens (including phenoxy) is 1. The molecule has 0 spiro atoms. The summed E-state index contributed by atoms with van der Waals surface area (Å²) in [5.74, 6) is -1.53. The number of nitro groups is 1. The van der Waals surface area contributed by atoms with Gasteiger partial charge < -0.3 is 15.8 Å². The Bertz CT molecular complexity index is 462. The van der Waals surface area contributed by atoms with Crippen molar-refractivity contribution in [3.05, 3.63) is 34.1 Å². The summed E-state index contributed by atoms with van der Waals surface area (Å²) in [5.41, 5.74) is 4.67. The van der Waals surface area contributed by atoms with Crippen LogP contribution in [0.3, 0.4) is 0 Å². The van der Waals surface area contributed by atoms with Crippen molar-refractivity contribution in [2.75, 3.05) is 19.0 Å². The molecule has 0 aliphatic carbocycles. The molecule has 8 heteroatoms. The van der Waals surface area contributed by atoms with E-state index in [-0.39, 0.29) is 12.2 Å². The first-order chi connectivity index (χ1) is 8.49. The van der Waals surface area contributed by atoms with Gasteiger partial charge in [-0.05, 0) is 12.1 Å². The minimum atomic E-state index is -0.972. The molecule has 1 amide bonds. The topological polar surface area (TPSA) is 107 Å². The average molecular weight is 257 g/mol. The Balaban J connectivity index is 2.89. The van der Waals surface area contributed by atoms with Crippen molar-refractivity contribution in [2.24, 2.45) is 5.73 Å². The maximum Gasteiger partial charge on any atom is 0.306 e. The van der Waals surface area contributed by atoms with E-state index in [9.17, 15) is 19.3 Å². The van der Waals surface area contributed by atoms with Crippen LogP contribution in [0.25, 0.3) is 0 Å². The Kier molecular flexibility index (Phi) is 4.69. The van der Waals surface area contributed by atoms with Crippen LogP contribution in [0.4, 0.5) is 15.8 Å². The average Bonchev–Trinajstić information content (AvgIpc) is 2.32. The number of anilines is 1. The van der Waals surface area contributed by atoms with Crippen molar-refractivity contribution in [2.45, 2.75) is 6.10 Å². The molecule has 1 unspecified atom stereocenters. The number of hydrogen-bond donors (Lipinski definition) is 2. The Morgan fingerprint density at radius 2 is 2.33 bits per heavy atom. The van der Waals surface area contributed by atoms with Crippen molar-refractivity contribution in [3.8, 4) is 0 Å². The highest BCUT2D eigenvalue weighted by Gasteiger charge is 2.19. The number of hydrogen-bond acceptors (Lipinski definition) is 5. The van der Waals surface area contributed by atoms with Gasteiger partial charge in [-0.15, -0.1) is 0 Å². The smallest absolute Gasteiger partial charge is 0.306 e. The van der Waals surface area contributed by atoms with Crippen LogP contribution in [-0.2, 0) is 9.53 Å². The van der Waals surface area contributed by atoms with E-state index < -0.39 is 28.4 Å². The first-order valence-corrected chi connectivity index (χ1v) is 4.97. The summed E-state index contributed by atoms with van der Waals surface area (Å²) in [5, 5.41) is 12.9. The molecule has 1 aromatic rings. The van der Waals surface area contributed by atoms with E-state index in [0.29, 0.717) is 0 Å². The van der Waals surface area contributed by atoms with Gasteiger partial charge in [-0.2, -0.15) is 4.39 Å². The highest BCUT2D eigenvalue weighted by Crippen LogP contribution is 2.21. The van der Waals surface area contributed by atoms with E-state index in [1.807, 2.05) is 0 Å². The Hall–Kier alpha value is -2.06. The molecule has 0 saturated heterocycles. The third-order valence-electron chi connectivity index (χ3n) is 2.20. The summed E-state index contributed by atoms with van der Waals surface area (Å²) in [7, 11) is 1.31. The van der Waals surface area contributed by atoms with E-state index in [2.05, 4.69) is 5.32 Å². The number of benzene rings is 1. The van der Waals surface area contributed by atoms with Crippen LogP contribution < -0.4 is 11.1 Å². The molecule has 0 aliphatic rings. The lowest BCUT2D eigenvalue weighted by Gasteiger charge is -2.12. The van der Waals surface area contributed by atoms with Gasteiger partial charge in [0.05, 0.1) is 4.92 Å². The Labute approximate surface area is 102 Å². The number of nitrogens with zero attached hydrogens (tertiary/aromatic N) is 1. The maximum absolute atomic E-state index is 13.0. The second-order valence-corrected chi connectivity index (χ2v) is 3.37. The van der Waals surface area contributed by atoms with Crippen LogP contribution in [0.15, 0.2) is 18.2 Å². The summed E-state index contributed by atoms with van der Waals surface area (Å²) >= 11 is 0. The molecular formula is C10H12FN3O4. The molecule has 0 bridgehead atoms. The zero-order chi connectivity index (χ0) is 13.7. The van der Waals surface area contributed by atoms with Gasteiger partial charge in [0.15, 0.2) is 0 Å². The third kappa shape index (κ3) is 3.22. The van der Waals surface area contributed by atoms with Crippen molar-refractivity contribution in [3.63, 3.8) is 0 Å². The number of amides is 1. The van der Waals surface area contributed by atoms with Gasteiger partial charge in [-0.1, -0.05) is 0 Å². The van der Waals surface area contributed by atoms with Gasteiger partial charge in [0.1, 0.15) is 6.10 Å². The van der Waals surface area contributed by atoms with Gasteiger partial charge in [-0.3, -0.25) is 14.9 Å². The van der Waals surface area contributed by atoms with E-state index in [1.54, 1.807) is 0 Å². The van der Waals surface area contributed by atoms with E-state index in [4.69, 9.17) is 10.5 Å². The molecule has 0 aliphatic heterocycles. The summed E-state index contributed by atoms with van der Waals surface area (Å²) in [6, 6.07) is 3.04. The molecule has 1 aromatic carbocycles. The van der Waals surface area contributed by atoms with Crippen LogP contribution in [-0.4, -0.2) is 30.6 Å². The fourth-order valence-corrected chi connectivity index (χ4v) is 1.26. The van der Waals surface area contributed by atoms with Crippen molar-refractivity contribution >= 4 is 17.3 Å². The van der Waals surface area contributed by atoms with Crippen LogP contribution in [0.5, 0.6) is 0 Å². The quantitative estimate of drug-likeness (QED) is 0.594. The number of carbonyl (C=O) groups is 1. The standard InChI is InChI=1S/C10H12FN3O4/c1-18-9(5-12)10(15)13-6-2-3-7(11)8(4-6)14(16)17/h2-4,9H,5,12H2,1H3,(H,13,15). The number of rotatable bonds is 5. The Morgan fingerprint density at radius 1 is 1.67 bits per heavy atom. The number of nitrogens with one attached hydrogen (secondary N) is 1. The summed E-state index contributed by atoms with van der Waals surface area (Å²) in [6.07, 6.45) is -0.867. The number of halogens is 1. The van der Waals surface area contributed by atoms with Gasteiger partial charge in [0, 0.05) is 25.4 Å². The molecule has 0 saturated carbocycles. The Morgan fingerprint density at radius 3 is 2.83 bits per heavy atom. The van der Waals surface area contributed by atoms with E-state index >= 15 is 0 Å². The predicted octanol–water partition coefficient (Wildman–Crippen LogP) is 0.646. The lowest BCUT2D eigenvalue weighted by Crippen LogP contribution is -2.35. The molecule has 1 atom stereocenters. The van der Waals surface area contributed by atoms with Crippen molar-refractivity contribution < 1.29 is 18.8 Å². The largest absolute Gasteiger partial charge is 0.370 e. The maximum atomic E-state index is 13.0. The number of nitrogens with two attached hydrogens (primary N) is 1. The zero-order valence-electron chi connectivity index (χ0n) is 9.55. The molecule has 0 heterocycles. The minimum absolute atomic E-state index is 0.0361. The summed E-state index contributed by atoms with van der Waals surface area (Å²) in [6.45, 7) is -0.0361. The van der Waals surface area contributed by atoms with Crippen LogP contribution in [0, 0.1) is 15.9 Å². The molecule has 98 valence electrons. The molecule has 7 nitrogen and oxygen atoms in total. The zero-order valence-corrected chi connectivity index (χ0v) is 9.55. The molecule has 18 heavy (non-hydrogen) atoms. The monoisotopic (exact) mass is 257 g/mol. The van der Waals surface area contributed by atoms with Gasteiger partial charge >= 0.3 is 5.69 Å². The molecule has 1 rings (SSSR count). The number of carbonyl (C=O) groups excluding carboxylic acids is 1.